The third-order valence-corrected chi connectivity index (χ3v) is 2.47. The minimum Gasteiger partial charge on any atom is -0.469 e. The van der Waals surface area contributed by atoms with E-state index in [2.05, 4.69) is 0 Å². The van der Waals surface area contributed by atoms with Gasteiger partial charge in [-0.05, 0) is 12.8 Å². The number of methoxy groups -OCH3 is 2. The van der Waals surface area contributed by atoms with E-state index in [1.165, 1.54) is 7.11 Å². The maximum atomic E-state index is 11.4. The Balaban J connectivity index is 4.39. The minimum absolute atomic E-state index is 0.241. The van der Waals surface area contributed by atoms with Crippen LogP contribution in [0, 0.1) is 5.41 Å². The second-order valence-electron chi connectivity index (χ2n) is 3.07. The highest BCUT2D eigenvalue weighted by atomic mass is 16.5. The second kappa shape index (κ2) is 5.94. The fourth-order valence-corrected chi connectivity index (χ4v) is 1.27. The Morgan fingerprint density at radius 1 is 1.46 bits per heavy atom. The molecule has 0 saturated carbocycles. The monoisotopic (exact) mass is 189 g/mol. The lowest BCUT2D eigenvalue weighted by atomic mass is 9.82. The van der Waals surface area contributed by atoms with E-state index in [1.807, 2.05) is 6.92 Å². The largest absolute Gasteiger partial charge is 0.469 e. The van der Waals surface area contributed by atoms with E-state index in [0.717, 1.165) is 0 Å². The molecule has 78 valence electrons. The summed E-state index contributed by atoms with van der Waals surface area (Å²) in [5.41, 5.74) is 5.01. The first-order chi connectivity index (χ1) is 6.16. The van der Waals surface area contributed by atoms with Gasteiger partial charge in [0, 0.05) is 20.3 Å². The van der Waals surface area contributed by atoms with E-state index in [9.17, 15) is 4.79 Å². The minimum atomic E-state index is -0.565. The van der Waals surface area contributed by atoms with Crippen LogP contribution in [0.1, 0.15) is 19.8 Å². The third-order valence-electron chi connectivity index (χ3n) is 2.47. The highest BCUT2D eigenvalue weighted by molar-refractivity contribution is 5.76. The lowest BCUT2D eigenvalue weighted by molar-refractivity contribution is -0.153. The molecule has 0 fully saturated rings. The molecule has 0 aromatic rings. The van der Waals surface area contributed by atoms with Gasteiger partial charge in [-0.3, -0.25) is 4.79 Å². The van der Waals surface area contributed by atoms with E-state index in [0.29, 0.717) is 26.0 Å². The average Bonchev–Trinajstić information content (AvgIpc) is 2.19. The van der Waals surface area contributed by atoms with Crippen LogP contribution in [0.25, 0.3) is 0 Å². The Hall–Kier alpha value is -0.610. The van der Waals surface area contributed by atoms with Gasteiger partial charge in [0.1, 0.15) is 0 Å². The van der Waals surface area contributed by atoms with Crippen molar-refractivity contribution >= 4 is 5.97 Å². The Kier molecular flexibility index (Phi) is 5.66. The van der Waals surface area contributed by atoms with Crippen LogP contribution in [-0.2, 0) is 14.3 Å². The van der Waals surface area contributed by atoms with Crippen molar-refractivity contribution in [1.82, 2.24) is 0 Å². The van der Waals surface area contributed by atoms with E-state index in [4.69, 9.17) is 15.2 Å². The molecule has 2 N–H and O–H groups in total. The van der Waals surface area contributed by atoms with Gasteiger partial charge in [0.05, 0.1) is 12.5 Å². The van der Waals surface area contributed by atoms with Crippen LogP contribution in [0.3, 0.4) is 0 Å². The summed E-state index contributed by atoms with van der Waals surface area (Å²) in [4.78, 5) is 11.4. The number of esters is 1. The number of nitrogens with two attached hydrogens (primary N) is 1. The van der Waals surface area contributed by atoms with Gasteiger partial charge in [0.25, 0.3) is 0 Å². The van der Waals surface area contributed by atoms with Gasteiger partial charge < -0.3 is 15.2 Å². The van der Waals surface area contributed by atoms with E-state index >= 15 is 0 Å². The van der Waals surface area contributed by atoms with Crippen LogP contribution in [0.15, 0.2) is 0 Å². The average molecular weight is 189 g/mol. The molecule has 4 heteroatoms. The van der Waals surface area contributed by atoms with Crippen LogP contribution >= 0.6 is 0 Å². The molecular formula is C9H19NO3. The topological polar surface area (TPSA) is 61.5 Å². The lowest BCUT2D eigenvalue weighted by Gasteiger charge is -2.27. The van der Waals surface area contributed by atoms with Crippen molar-refractivity contribution in [1.29, 1.82) is 0 Å². The van der Waals surface area contributed by atoms with Gasteiger partial charge in [-0.25, -0.2) is 0 Å². The Morgan fingerprint density at radius 2 is 2.08 bits per heavy atom. The normalized spacial score (nSPS) is 15.1. The maximum absolute atomic E-state index is 11.4. The van der Waals surface area contributed by atoms with Gasteiger partial charge in [0.2, 0.25) is 0 Å². The quantitative estimate of drug-likeness (QED) is 0.620. The number of rotatable bonds is 6. The summed E-state index contributed by atoms with van der Waals surface area (Å²) < 4.78 is 9.65. The Labute approximate surface area is 79.4 Å². The van der Waals surface area contributed by atoms with Crippen molar-refractivity contribution in [3.8, 4) is 0 Å². The van der Waals surface area contributed by atoms with Crippen LogP contribution in [-0.4, -0.2) is 33.3 Å². The standard InChI is InChI=1S/C9H19NO3/c1-4-9(7-10,5-6-12-2)8(11)13-3/h4-7,10H2,1-3H3. The van der Waals surface area contributed by atoms with Crippen molar-refractivity contribution in [3.05, 3.63) is 0 Å². The molecule has 0 aliphatic carbocycles. The zero-order valence-corrected chi connectivity index (χ0v) is 8.63. The molecule has 0 aromatic heterocycles. The number of carbonyl (C=O) groups is 1. The maximum Gasteiger partial charge on any atom is 0.313 e. The van der Waals surface area contributed by atoms with Gasteiger partial charge in [-0.1, -0.05) is 6.92 Å². The highest BCUT2D eigenvalue weighted by Gasteiger charge is 2.35. The third kappa shape index (κ3) is 2.97. The number of hydrogen-bond donors (Lipinski definition) is 1. The molecule has 0 aromatic carbocycles. The molecule has 0 aliphatic rings. The molecule has 0 saturated heterocycles. The number of ether oxygens (including phenoxy) is 2. The van der Waals surface area contributed by atoms with Gasteiger partial charge in [0.15, 0.2) is 0 Å². The molecule has 0 amide bonds. The van der Waals surface area contributed by atoms with Crippen LogP contribution < -0.4 is 5.73 Å². The van der Waals surface area contributed by atoms with Crippen LogP contribution in [0.4, 0.5) is 0 Å². The molecule has 0 spiro atoms. The van der Waals surface area contributed by atoms with Crippen molar-refractivity contribution in [3.63, 3.8) is 0 Å². The molecule has 1 unspecified atom stereocenters. The van der Waals surface area contributed by atoms with Crippen LogP contribution in [0.5, 0.6) is 0 Å². The molecule has 0 aliphatic heterocycles. The van der Waals surface area contributed by atoms with Crippen LogP contribution in [0.2, 0.25) is 0 Å². The van der Waals surface area contributed by atoms with E-state index in [1.54, 1.807) is 7.11 Å². The summed E-state index contributed by atoms with van der Waals surface area (Å²) in [5.74, 6) is -0.241. The Bertz CT molecular complexity index is 155. The molecule has 1 atom stereocenters. The summed E-state index contributed by atoms with van der Waals surface area (Å²) in [6, 6.07) is 0. The molecule has 0 heterocycles. The summed E-state index contributed by atoms with van der Waals surface area (Å²) in [5, 5.41) is 0. The number of hydrogen-bond acceptors (Lipinski definition) is 4. The first-order valence-corrected chi connectivity index (χ1v) is 4.44. The fourth-order valence-electron chi connectivity index (χ4n) is 1.27. The second-order valence-corrected chi connectivity index (χ2v) is 3.07. The summed E-state index contributed by atoms with van der Waals surface area (Å²) >= 11 is 0. The SMILES string of the molecule is CCC(CN)(CCOC)C(=O)OC. The first-order valence-electron chi connectivity index (χ1n) is 4.44. The van der Waals surface area contributed by atoms with Gasteiger partial charge in [-0.2, -0.15) is 0 Å². The molecular weight excluding hydrogens is 170 g/mol. The molecule has 0 radical (unpaired) electrons. The summed E-state index contributed by atoms with van der Waals surface area (Å²) in [6.07, 6.45) is 1.29. The smallest absolute Gasteiger partial charge is 0.313 e. The highest BCUT2D eigenvalue weighted by Crippen LogP contribution is 2.26. The van der Waals surface area contributed by atoms with Crippen molar-refractivity contribution in [2.45, 2.75) is 19.8 Å². The molecule has 13 heavy (non-hydrogen) atoms. The summed E-state index contributed by atoms with van der Waals surface area (Å²) in [6.45, 7) is 2.76. The van der Waals surface area contributed by atoms with Crippen molar-refractivity contribution in [2.75, 3.05) is 27.4 Å². The zero-order chi connectivity index (χ0) is 10.3. The van der Waals surface area contributed by atoms with E-state index in [-0.39, 0.29) is 5.97 Å². The molecule has 0 rings (SSSR count). The van der Waals surface area contributed by atoms with E-state index < -0.39 is 5.41 Å². The Morgan fingerprint density at radius 3 is 2.38 bits per heavy atom. The molecule has 0 bridgehead atoms. The summed E-state index contributed by atoms with van der Waals surface area (Å²) in [7, 11) is 2.99. The molecule has 4 nitrogen and oxygen atoms in total. The number of carbonyl (C=O) groups excluding carboxylic acids is 1. The fraction of sp³-hybridized carbons (Fsp3) is 0.889. The van der Waals surface area contributed by atoms with Crippen molar-refractivity contribution in [2.24, 2.45) is 11.1 Å². The van der Waals surface area contributed by atoms with Crippen molar-refractivity contribution < 1.29 is 14.3 Å². The zero-order valence-electron chi connectivity index (χ0n) is 8.63. The van der Waals surface area contributed by atoms with Gasteiger partial charge >= 0.3 is 5.97 Å². The predicted molar refractivity (Wildman–Crippen MR) is 50.3 cm³/mol. The first kappa shape index (κ1) is 12.4. The predicted octanol–water partition coefficient (Wildman–Crippen LogP) is 0.551. The lowest BCUT2D eigenvalue weighted by Crippen LogP contribution is -2.40. The van der Waals surface area contributed by atoms with Gasteiger partial charge in [-0.15, -0.1) is 0 Å².